The maximum absolute atomic E-state index is 12.0. The normalized spacial score (nSPS) is 10.6. The van der Waals surface area contributed by atoms with E-state index in [0.29, 0.717) is 24.5 Å². The molecule has 0 aromatic carbocycles. The van der Waals surface area contributed by atoms with Crippen LogP contribution in [0.1, 0.15) is 28.0 Å². The number of aromatic amines is 1. The number of rotatable bonds is 5. The van der Waals surface area contributed by atoms with Crippen molar-refractivity contribution in [2.45, 2.75) is 19.8 Å². The average molecular weight is 265 g/mol. The van der Waals surface area contributed by atoms with Crippen molar-refractivity contribution in [1.29, 1.82) is 0 Å². The molecule has 96 valence electrons. The molecule has 0 unspecified atom stereocenters. The van der Waals surface area contributed by atoms with Crippen molar-refractivity contribution >= 4 is 23.1 Å². The highest BCUT2D eigenvalue weighted by atomic mass is 32.1. The van der Waals surface area contributed by atoms with Crippen LogP contribution >= 0.6 is 11.3 Å². The summed E-state index contributed by atoms with van der Waals surface area (Å²) in [5.41, 5.74) is 6.84. The molecule has 6 nitrogen and oxygen atoms in total. The summed E-state index contributed by atoms with van der Waals surface area (Å²) in [6.45, 7) is 2.54. The third-order valence-corrected chi connectivity index (χ3v) is 3.39. The van der Waals surface area contributed by atoms with Crippen molar-refractivity contribution in [3.8, 4) is 0 Å². The van der Waals surface area contributed by atoms with Crippen LogP contribution in [-0.2, 0) is 12.8 Å². The largest absolute Gasteiger partial charge is 0.330 e. The number of anilines is 1. The summed E-state index contributed by atoms with van der Waals surface area (Å²) in [7, 11) is 0. The number of thiazole rings is 1. The predicted octanol–water partition coefficient (Wildman–Crippen LogP) is 1.18. The van der Waals surface area contributed by atoms with E-state index in [4.69, 9.17) is 5.73 Å². The van der Waals surface area contributed by atoms with Crippen LogP contribution in [0.15, 0.2) is 11.6 Å². The molecule has 0 radical (unpaired) electrons. The second-order valence-corrected chi connectivity index (χ2v) is 4.69. The van der Waals surface area contributed by atoms with Crippen LogP contribution in [0, 0.1) is 0 Å². The third kappa shape index (κ3) is 2.74. The zero-order valence-corrected chi connectivity index (χ0v) is 10.9. The number of amides is 1. The molecule has 0 aliphatic carbocycles. The average Bonchev–Trinajstić information content (AvgIpc) is 2.98. The molecule has 0 aliphatic heterocycles. The van der Waals surface area contributed by atoms with Crippen molar-refractivity contribution < 1.29 is 4.79 Å². The summed E-state index contributed by atoms with van der Waals surface area (Å²) in [5.74, 6) is 0.407. The summed E-state index contributed by atoms with van der Waals surface area (Å²) in [6.07, 6.45) is 3.21. The van der Waals surface area contributed by atoms with E-state index >= 15 is 0 Å². The maximum atomic E-state index is 12.0. The fourth-order valence-electron chi connectivity index (χ4n) is 1.52. The first-order chi connectivity index (χ1) is 8.74. The molecule has 0 fully saturated rings. The van der Waals surface area contributed by atoms with Crippen LogP contribution in [0.3, 0.4) is 0 Å². The number of aromatic nitrogens is 3. The molecule has 0 bridgehead atoms. The summed E-state index contributed by atoms with van der Waals surface area (Å²) in [4.78, 5) is 16.2. The Morgan fingerprint density at radius 2 is 2.44 bits per heavy atom. The minimum Gasteiger partial charge on any atom is -0.330 e. The molecule has 2 aromatic rings. The van der Waals surface area contributed by atoms with E-state index in [1.807, 2.05) is 6.92 Å². The monoisotopic (exact) mass is 265 g/mol. The molecule has 2 heterocycles. The zero-order valence-electron chi connectivity index (χ0n) is 10.1. The lowest BCUT2D eigenvalue weighted by Crippen LogP contribution is -2.14. The van der Waals surface area contributed by atoms with Gasteiger partial charge in [-0.15, -0.1) is 11.3 Å². The van der Waals surface area contributed by atoms with Crippen molar-refractivity contribution in [3.63, 3.8) is 0 Å². The number of nitrogens with one attached hydrogen (secondary N) is 2. The van der Waals surface area contributed by atoms with Gasteiger partial charge in [0.25, 0.3) is 5.91 Å². The quantitative estimate of drug-likeness (QED) is 0.756. The van der Waals surface area contributed by atoms with Gasteiger partial charge >= 0.3 is 0 Å². The third-order valence-electron chi connectivity index (χ3n) is 2.48. The molecule has 18 heavy (non-hydrogen) atoms. The molecular formula is C11H15N5OS. The number of carbonyl (C=O) groups excluding carboxylic acids is 1. The highest BCUT2D eigenvalue weighted by molar-refractivity contribution is 7.09. The Morgan fingerprint density at radius 1 is 1.61 bits per heavy atom. The lowest BCUT2D eigenvalue weighted by molar-refractivity contribution is 0.102. The van der Waals surface area contributed by atoms with E-state index in [-0.39, 0.29) is 5.91 Å². The number of nitrogens with two attached hydrogens (primary N) is 1. The SMILES string of the molecule is CCc1cn[nH]c1NC(=O)c1csc(CCN)n1. The number of nitrogens with zero attached hydrogens (tertiary/aromatic N) is 2. The van der Waals surface area contributed by atoms with Gasteiger partial charge in [-0.3, -0.25) is 9.89 Å². The van der Waals surface area contributed by atoms with Gasteiger partial charge in [-0.25, -0.2) is 4.98 Å². The number of hydrogen-bond donors (Lipinski definition) is 3. The van der Waals surface area contributed by atoms with Gasteiger partial charge in [-0.05, 0) is 13.0 Å². The Morgan fingerprint density at radius 3 is 3.17 bits per heavy atom. The summed E-state index contributed by atoms with van der Waals surface area (Å²) in [5, 5.41) is 12.0. The first kappa shape index (κ1) is 12.7. The van der Waals surface area contributed by atoms with Crippen LogP contribution in [-0.4, -0.2) is 27.6 Å². The van der Waals surface area contributed by atoms with Crippen molar-refractivity contribution in [2.24, 2.45) is 5.73 Å². The topological polar surface area (TPSA) is 96.7 Å². The van der Waals surface area contributed by atoms with Gasteiger partial charge in [0.2, 0.25) is 0 Å². The second-order valence-electron chi connectivity index (χ2n) is 3.74. The molecule has 1 amide bonds. The minimum absolute atomic E-state index is 0.228. The Bertz CT molecular complexity index is 533. The van der Waals surface area contributed by atoms with Crippen molar-refractivity contribution in [3.05, 3.63) is 27.8 Å². The number of carbonyl (C=O) groups is 1. The predicted molar refractivity (Wildman–Crippen MR) is 70.8 cm³/mol. The molecule has 4 N–H and O–H groups in total. The standard InChI is InChI=1S/C11H15N5OS/c1-2-7-5-13-16-10(7)15-11(17)8-6-18-9(14-8)3-4-12/h5-6H,2-4,12H2,1H3,(H2,13,15,16,17). The Kier molecular flexibility index (Phi) is 4.06. The molecule has 7 heteroatoms. The lowest BCUT2D eigenvalue weighted by Gasteiger charge is -2.01. The molecule has 0 saturated carbocycles. The van der Waals surface area contributed by atoms with Gasteiger partial charge < -0.3 is 11.1 Å². The van der Waals surface area contributed by atoms with E-state index in [0.717, 1.165) is 17.0 Å². The number of H-pyrrole nitrogens is 1. The lowest BCUT2D eigenvalue weighted by atomic mass is 10.2. The van der Waals surface area contributed by atoms with Gasteiger partial charge in [0.05, 0.1) is 11.2 Å². The van der Waals surface area contributed by atoms with E-state index in [1.54, 1.807) is 11.6 Å². The first-order valence-corrected chi connectivity index (χ1v) is 6.60. The van der Waals surface area contributed by atoms with Crippen LogP contribution in [0.2, 0.25) is 0 Å². The summed E-state index contributed by atoms with van der Waals surface area (Å²) in [6, 6.07) is 0. The van der Waals surface area contributed by atoms with Gasteiger partial charge in [-0.2, -0.15) is 5.10 Å². The van der Waals surface area contributed by atoms with Gasteiger partial charge in [0.15, 0.2) is 0 Å². The second kappa shape index (κ2) is 5.74. The molecule has 0 spiro atoms. The Hall–Kier alpha value is -1.73. The van der Waals surface area contributed by atoms with Gasteiger partial charge in [0.1, 0.15) is 11.5 Å². The molecule has 2 aromatic heterocycles. The number of hydrogen-bond acceptors (Lipinski definition) is 5. The van der Waals surface area contributed by atoms with Crippen molar-refractivity contribution in [1.82, 2.24) is 15.2 Å². The van der Waals surface area contributed by atoms with Crippen LogP contribution in [0.5, 0.6) is 0 Å². The van der Waals surface area contributed by atoms with Crippen LogP contribution in [0.4, 0.5) is 5.82 Å². The fourth-order valence-corrected chi connectivity index (χ4v) is 2.31. The highest BCUT2D eigenvalue weighted by Crippen LogP contribution is 2.15. The molecule has 0 atom stereocenters. The molecule has 0 saturated heterocycles. The first-order valence-electron chi connectivity index (χ1n) is 5.72. The molecule has 0 aliphatic rings. The van der Waals surface area contributed by atoms with Gasteiger partial charge in [0, 0.05) is 17.4 Å². The Balaban J connectivity index is 2.07. The smallest absolute Gasteiger partial charge is 0.276 e. The van der Waals surface area contributed by atoms with Crippen molar-refractivity contribution in [2.75, 3.05) is 11.9 Å². The van der Waals surface area contributed by atoms with E-state index in [9.17, 15) is 4.79 Å². The van der Waals surface area contributed by atoms with Crippen LogP contribution < -0.4 is 11.1 Å². The summed E-state index contributed by atoms with van der Waals surface area (Å²) >= 11 is 1.45. The van der Waals surface area contributed by atoms with E-state index < -0.39 is 0 Å². The Labute approximate surface area is 109 Å². The van der Waals surface area contributed by atoms with Gasteiger partial charge in [-0.1, -0.05) is 6.92 Å². The number of aryl methyl sites for hydroxylation is 1. The maximum Gasteiger partial charge on any atom is 0.276 e. The summed E-state index contributed by atoms with van der Waals surface area (Å²) < 4.78 is 0. The molecular weight excluding hydrogens is 250 g/mol. The van der Waals surface area contributed by atoms with E-state index in [1.165, 1.54) is 11.3 Å². The van der Waals surface area contributed by atoms with Crippen LogP contribution in [0.25, 0.3) is 0 Å². The van der Waals surface area contributed by atoms with E-state index in [2.05, 4.69) is 20.5 Å². The fraction of sp³-hybridized carbons (Fsp3) is 0.364. The minimum atomic E-state index is -0.228. The highest BCUT2D eigenvalue weighted by Gasteiger charge is 2.13. The zero-order chi connectivity index (χ0) is 13.0. The molecule has 2 rings (SSSR count).